The Kier molecular flexibility index (Phi) is 6.08. The van der Waals surface area contributed by atoms with Crippen molar-refractivity contribution in [1.29, 1.82) is 0 Å². The second kappa shape index (κ2) is 9.46. The van der Waals surface area contributed by atoms with Gasteiger partial charge in [0.15, 0.2) is 5.82 Å². The summed E-state index contributed by atoms with van der Waals surface area (Å²) in [6.45, 7) is 1.38. The molecule has 0 saturated carbocycles. The van der Waals surface area contributed by atoms with Gasteiger partial charge in [-0.25, -0.2) is 9.97 Å². The average molecular weight is 458 g/mol. The van der Waals surface area contributed by atoms with E-state index in [-0.39, 0.29) is 11.8 Å². The lowest BCUT2D eigenvalue weighted by atomic mass is 9.88. The molecule has 7 nitrogen and oxygen atoms in total. The number of rotatable bonds is 5. The zero-order valence-electron chi connectivity index (χ0n) is 18.2. The van der Waals surface area contributed by atoms with Gasteiger partial charge in [-0.3, -0.25) is 14.8 Å². The van der Waals surface area contributed by atoms with Crippen molar-refractivity contribution in [1.82, 2.24) is 24.8 Å². The molecule has 1 aliphatic heterocycles. The van der Waals surface area contributed by atoms with Crippen LogP contribution in [0.3, 0.4) is 0 Å². The van der Waals surface area contributed by atoms with Crippen LogP contribution in [0.1, 0.15) is 34.1 Å². The Morgan fingerprint density at radius 3 is 2.61 bits per heavy atom. The smallest absolute Gasteiger partial charge is 0.265 e. The maximum absolute atomic E-state index is 12.8. The lowest BCUT2D eigenvalue weighted by Gasteiger charge is -2.32. The van der Waals surface area contributed by atoms with Crippen LogP contribution in [-0.4, -0.2) is 50.9 Å². The molecule has 0 spiro atoms. The van der Waals surface area contributed by atoms with Crippen molar-refractivity contribution in [3.63, 3.8) is 0 Å². The summed E-state index contributed by atoms with van der Waals surface area (Å²) in [5, 5.41) is 0. The third-order valence-corrected chi connectivity index (χ3v) is 6.71. The van der Waals surface area contributed by atoms with Crippen LogP contribution in [0, 0.1) is 0 Å². The Hall–Kier alpha value is -3.65. The first-order chi connectivity index (χ1) is 16.2. The van der Waals surface area contributed by atoms with Crippen molar-refractivity contribution < 1.29 is 9.53 Å². The Labute approximate surface area is 196 Å². The molecule has 33 heavy (non-hydrogen) atoms. The van der Waals surface area contributed by atoms with E-state index in [0.29, 0.717) is 23.8 Å². The number of pyridine rings is 1. The number of carbonyl (C=O) groups is 1. The van der Waals surface area contributed by atoms with E-state index in [2.05, 4.69) is 21.0 Å². The molecule has 0 radical (unpaired) electrons. The molecule has 0 aliphatic carbocycles. The van der Waals surface area contributed by atoms with E-state index in [4.69, 9.17) is 9.72 Å². The number of carbonyl (C=O) groups excluding carboxylic acids is 1. The van der Waals surface area contributed by atoms with Crippen LogP contribution >= 0.6 is 11.3 Å². The molecule has 1 amide bonds. The van der Waals surface area contributed by atoms with Crippen molar-refractivity contribution in [2.75, 3.05) is 20.2 Å². The van der Waals surface area contributed by atoms with E-state index in [9.17, 15) is 4.79 Å². The van der Waals surface area contributed by atoms with Crippen LogP contribution in [0.15, 0.2) is 66.7 Å². The predicted octanol–water partition coefficient (Wildman–Crippen LogP) is 4.69. The second-order valence-electron chi connectivity index (χ2n) is 7.89. The Morgan fingerprint density at radius 2 is 1.88 bits per heavy atom. The molecule has 4 heterocycles. The number of methoxy groups -OCH3 is 1. The number of hydrogen-bond acceptors (Lipinski definition) is 7. The van der Waals surface area contributed by atoms with Gasteiger partial charge in [0, 0.05) is 48.7 Å². The number of likely N-dealkylation sites (tertiary alicyclic amines) is 1. The van der Waals surface area contributed by atoms with Crippen LogP contribution < -0.4 is 4.74 Å². The van der Waals surface area contributed by atoms with Crippen molar-refractivity contribution in [3.8, 4) is 28.3 Å². The minimum Gasteiger partial charge on any atom is -0.497 e. The SMILES string of the molecule is COc1cccc(-c2cnc(-c3ccncc3)nc2C2CCN(C(=O)c3cncs3)CC2)c1. The summed E-state index contributed by atoms with van der Waals surface area (Å²) in [6, 6.07) is 11.8. The minimum atomic E-state index is 0.0594. The highest BCUT2D eigenvalue weighted by atomic mass is 32.1. The van der Waals surface area contributed by atoms with Crippen LogP contribution in [-0.2, 0) is 0 Å². The van der Waals surface area contributed by atoms with E-state index in [1.54, 1.807) is 31.2 Å². The van der Waals surface area contributed by atoms with Gasteiger partial charge in [-0.2, -0.15) is 0 Å². The molecule has 1 fully saturated rings. The number of piperidine rings is 1. The summed E-state index contributed by atoms with van der Waals surface area (Å²) < 4.78 is 5.43. The molecular weight excluding hydrogens is 434 g/mol. The highest BCUT2D eigenvalue weighted by Gasteiger charge is 2.28. The maximum atomic E-state index is 12.8. The summed E-state index contributed by atoms with van der Waals surface area (Å²) in [4.78, 5) is 33.2. The number of hydrogen-bond donors (Lipinski definition) is 0. The number of thiazole rings is 1. The van der Waals surface area contributed by atoms with E-state index < -0.39 is 0 Å². The fraction of sp³-hybridized carbons (Fsp3) is 0.240. The minimum absolute atomic E-state index is 0.0594. The highest BCUT2D eigenvalue weighted by molar-refractivity contribution is 7.11. The average Bonchev–Trinajstić information content (AvgIpc) is 3.44. The van der Waals surface area contributed by atoms with Crippen LogP contribution in [0.25, 0.3) is 22.5 Å². The largest absolute Gasteiger partial charge is 0.497 e. The predicted molar refractivity (Wildman–Crippen MR) is 127 cm³/mol. The number of aromatic nitrogens is 4. The van der Waals surface area contributed by atoms with Gasteiger partial charge in [0.25, 0.3) is 5.91 Å². The molecule has 1 saturated heterocycles. The Bertz CT molecular complexity index is 1240. The molecule has 3 aromatic heterocycles. The first-order valence-electron chi connectivity index (χ1n) is 10.8. The number of amides is 1. The lowest BCUT2D eigenvalue weighted by Crippen LogP contribution is -2.37. The molecular formula is C25H23N5O2S. The first-order valence-corrected chi connectivity index (χ1v) is 11.7. The van der Waals surface area contributed by atoms with Gasteiger partial charge in [-0.15, -0.1) is 11.3 Å². The van der Waals surface area contributed by atoms with Gasteiger partial charge in [0.05, 0.1) is 24.5 Å². The van der Waals surface area contributed by atoms with E-state index in [1.165, 1.54) is 11.3 Å². The molecule has 0 N–H and O–H groups in total. The summed E-state index contributed by atoms with van der Waals surface area (Å²) in [6.07, 6.45) is 8.73. The monoisotopic (exact) mass is 457 g/mol. The number of nitrogens with zero attached hydrogens (tertiary/aromatic N) is 5. The number of benzene rings is 1. The van der Waals surface area contributed by atoms with Crippen LogP contribution in [0.4, 0.5) is 0 Å². The summed E-state index contributed by atoms with van der Waals surface area (Å²) in [5.41, 5.74) is 5.66. The fourth-order valence-electron chi connectivity index (χ4n) is 4.19. The molecule has 0 bridgehead atoms. The molecule has 0 atom stereocenters. The van der Waals surface area contributed by atoms with Crippen molar-refractivity contribution in [3.05, 3.63) is 77.3 Å². The van der Waals surface area contributed by atoms with Gasteiger partial charge in [0.2, 0.25) is 0 Å². The Balaban J connectivity index is 1.47. The molecule has 4 aromatic rings. The highest BCUT2D eigenvalue weighted by Crippen LogP contribution is 2.36. The molecule has 8 heteroatoms. The first kappa shape index (κ1) is 21.2. The summed E-state index contributed by atoms with van der Waals surface area (Å²) >= 11 is 1.38. The van der Waals surface area contributed by atoms with Crippen molar-refractivity contribution >= 4 is 17.2 Å². The van der Waals surface area contributed by atoms with Gasteiger partial charge in [-0.05, 0) is 42.7 Å². The van der Waals surface area contributed by atoms with Gasteiger partial charge >= 0.3 is 0 Å². The molecule has 1 aliphatic rings. The molecule has 0 unspecified atom stereocenters. The summed E-state index contributed by atoms with van der Waals surface area (Å²) in [5.74, 6) is 1.76. The van der Waals surface area contributed by atoms with Crippen molar-refractivity contribution in [2.24, 2.45) is 0 Å². The van der Waals surface area contributed by atoms with E-state index in [1.807, 2.05) is 41.4 Å². The summed E-state index contributed by atoms with van der Waals surface area (Å²) in [7, 11) is 1.67. The third kappa shape index (κ3) is 4.47. The van der Waals surface area contributed by atoms with Crippen molar-refractivity contribution in [2.45, 2.75) is 18.8 Å². The fourth-order valence-corrected chi connectivity index (χ4v) is 4.78. The van der Waals surface area contributed by atoms with Crippen LogP contribution in [0.2, 0.25) is 0 Å². The van der Waals surface area contributed by atoms with E-state index in [0.717, 1.165) is 41.0 Å². The molecule has 1 aromatic carbocycles. The van der Waals surface area contributed by atoms with Gasteiger partial charge in [0.1, 0.15) is 10.6 Å². The van der Waals surface area contributed by atoms with Crippen LogP contribution in [0.5, 0.6) is 5.75 Å². The quantitative estimate of drug-likeness (QED) is 0.432. The third-order valence-electron chi connectivity index (χ3n) is 5.95. The second-order valence-corrected chi connectivity index (χ2v) is 8.78. The molecule has 166 valence electrons. The lowest BCUT2D eigenvalue weighted by molar-refractivity contribution is 0.0717. The zero-order valence-corrected chi connectivity index (χ0v) is 19.0. The molecule has 5 rings (SSSR count). The normalized spacial score (nSPS) is 14.3. The number of ether oxygens (including phenoxy) is 1. The topological polar surface area (TPSA) is 81.1 Å². The Morgan fingerprint density at radius 1 is 1.06 bits per heavy atom. The van der Waals surface area contributed by atoms with Gasteiger partial charge < -0.3 is 9.64 Å². The zero-order chi connectivity index (χ0) is 22.6. The van der Waals surface area contributed by atoms with E-state index >= 15 is 0 Å². The maximum Gasteiger partial charge on any atom is 0.265 e. The standard InChI is InChI=1S/C25H23N5O2S/c1-32-20-4-2-3-19(13-20)21-14-28-24(18-5-9-26-10-6-18)29-23(21)17-7-11-30(12-8-17)25(31)22-15-27-16-33-22/h2-6,9-10,13-17H,7-8,11-12H2,1H3. The van der Waals surface area contributed by atoms with Gasteiger partial charge in [-0.1, -0.05) is 12.1 Å².